The summed E-state index contributed by atoms with van der Waals surface area (Å²) < 4.78 is 0. The Balaban J connectivity index is 1.67. The van der Waals surface area contributed by atoms with Gasteiger partial charge < -0.3 is 15.3 Å². The van der Waals surface area contributed by atoms with Gasteiger partial charge in [0.2, 0.25) is 5.91 Å². The summed E-state index contributed by atoms with van der Waals surface area (Å²) in [6.07, 6.45) is 0.492. The summed E-state index contributed by atoms with van der Waals surface area (Å²) in [5.41, 5.74) is 1.82. The largest absolute Gasteiger partial charge is 0.392 e. The molecule has 5 nitrogen and oxygen atoms in total. The van der Waals surface area contributed by atoms with Crippen molar-refractivity contribution in [2.45, 2.75) is 18.6 Å². The van der Waals surface area contributed by atoms with Crippen molar-refractivity contribution < 1.29 is 9.90 Å². The fourth-order valence-corrected chi connectivity index (χ4v) is 3.73. The minimum atomic E-state index is -0.284. The van der Waals surface area contributed by atoms with Gasteiger partial charge in [0.1, 0.15) is 0 Å². The number of aliphatic hydroxyl groups is 1. The Labute approximate surface area is 175 Å². The Kier molecular flexibility index (Phi) is 7.18. The van der Waals surface area contributed by atoms with Crippen molar-refractivity contribution in [1.82, 2.24) is 9.80 Å². The van der Waals surface area contributed by atoms with Crippen molar-refractivity contribution >= 4 is 34.8 Å². The maximum Gasteiger partial charge on any atom is 0.242 e. The number of halogens is 2. The van der Waals surface area contributed by atoms with E-state index in [-0.39, 0.29) is 24.6 Å². The van der Waals surface area contributed by atoms with Gasteiger partial charge in [-0.05, 0) is 30.2 Å². The second-order valence-electron chi connectivity index (χ2n) is 7.12. The van der Waals surface area contributed by atoms with Crippen LogP contribution in [0.25, 0.3) is 0 Å². The van der Waals surface area contributed by atoms with Crippen LogP contribution in [0.3, 0.4) is 0 Å². The van der Waals surface area contributed by atoms with Crippen molar-refractivity contribution in [1.29, 1.82) is 0 Å². The van der Waals surface area contributed by atoms with Gasteiger partial charge in [-0.15, -0.1) is 0 Å². The van der Waals surface area contributed by atoms with Gasteiger partial charge in [0.05, 0.1) is 28.7 Å². The molecule has 2 atom stereocenters. The highest BCUT2D eigenvalue weighted by Gasteiger charge is 2.27. The molecule has 1 amide bonds. The fourth-order valence-electron chi connectivity index (χ4n) is 3.43. The van der Waals surface area contributed by atoms with Crippen LogP contribution in [-0.4, -0.2) is 60.1 Å². The zero-order chi connectivity index (χ0) is 20.1. The molecular weight excluding hydrogens is 397 g/mol. The number of amides is 1. The van der Waals surface area contributed by atoms with E-state index in [0.717, 1.165) is 24.2 Å². The third kappa shape index (κ3) is 5.39. The third-order valence-corrected chi connectivity index (χ3v) is 5.83. The molecule has 150 valence electrons. The van der Waals surface area contributed by atoms with Crippen LogP contribution in [0, 0.1) is 0 Å². The molecule has 2 N–H and O–H groups in total. The molecular formula is C21H25Cl2N3O2. The van der Waals surface area contributed by atoms with Gasteiger partial charge in [0, 0.05) is 32.4 Å². The third-order valence-electron chi connectivity index (χ3n) is 5.09. The molecule has 0 radical (unpaired) electrons. The monoisotopic (exact) mass is 421 g/mol. The summed E-state index contributed by atoms with van der Waals surface area (Å²) in [4.78, 5) is 16.8. The highest BCUT2D eigenvalue weighted by Crippen LogP contribution is 2.26. The normalized spacial score (nSPS) is 18.1. The van der Waals surface area contributed by atoms with E-state index in [1.807, 2.05) is 37.4 Å². The summed E-state index contributed by atoms with van der Waals surface area (Å²) in [6, 6.07) is 15.1. The summed E-state index contributed by atoms with van der Waals surface area (Å²) in [5, 5.41) is 13.9. The lowest BCUT2D eigenvalue weighted by Crippen LogP contribution is -2.41. The number of nitrogens with one attached hydrogen (secondary N) is 1. The Morgan fingerprint density at radius 1 is 1.25 bits per heavy atom. The molecule has 2 aromatic carbocycles. The number of likely N-dealkylation sites (tertiary alicyclic amines) is 1. The van der Waals surface area contributed by atoms with E-state index in [0.29, 0.717) is 23.1 Å². The highest BCUT2D eigenvalue weighted by molar-refractivity contribution is 6.42. The zero-order valence-electron chi connectivity index (χ0n) is 15.8. The molecule has 0 spiro atoms. The van der Waals surface area contributed by atoms with E-state index >= 15 is 0 Å². The second-order valence-corrected chi connectivity index (χ2v) is 7.93. The van der Waals surface area contributed by atoms with Crippen LogP contribution in [0.5, 0.6) is 0 Å². The van der Waals surface area contributed by atoms with Crippen molar-refractivity contribution in [3.05, 3.63) is 64.1 Å². The first kappa shape index (κ1) is 20.9. The van der Waals surface area contributed by atoms with Crippen LogP contribution in [0.4, 0.5) is 5.69 Å². The molecule has 2 aromatic rings. The number of hydrogen-bond acceptors (Lipinski definition) is 4. The van der Waals surface area contributed by atoms with Gasteiger partial charge in [0.15, 0.2) is 0 Å². The van der Waals surface area contributed by atoms with E-state index < -0.39 is 0 Å². The zero-order valence-corrected chi connectivity index (χ0v) is 17.3. The summed E-state index contributed by atoms with van der Waals surface area (Å²) in [7, 11) is 1.82. The number of carbonyl (C=O) groups excluding carboxylic acids is 1. The molecule has 1 aliphatic heterocycles. The summed E-state index contributed by atoms with van der Waals surface area (Å²) in [6.45, 7) is 2.33. The SMILES string of the molecule is CN(C(=O)CNc1ccc(Cl)c(Cl)c1)[C@H](CN1CCC(O)C1)c1ccccc1. The van der Waals surface area contributed by atoms with Crippen LogP contribution in [0.15, 0.2) is 48.5 Å². The van der Waals surface area contributed by atoms with Crippen LogP contribution in [0.2, 0.25) is 10.0 Å². The summed E-state index contributed by atoms with van der Waals surface area (Å²) in [5.74, 6) is -0.0281. The number of hydrogen-bond donors (Lipinski definition) is 2. The van der Waals surface area contributed by atoms with E-state index in [2.05, 4.69) is 10.2 Å². The molecule has 1 heterocycles. The molecule has 0 saturated carbocycles. The lowest BCUT2D eigenvalue weighted by molar-refractivity contribution is -0.130. The van der Waals surface area contributed by atoms with Crippen molar-refractivity contribution in [2.24, 2.45) is 0 Å². The molecule has 28 heavy (non-hydrogen) atoms. The average Bonchev–Trinajstić information content (AvgIpc) is 3.11. The first-order valence-corrected chi connectivity index (χ1v) is 10.1. The quantitative estimate of drug-likeness (QED) is 0.715. The molecule has 0 bridgehead atoms. The van der Waals surface area contributed by atoms with Crippen LogP contribution in [-0.2, 0) is 4.79 Å². The predicted molar refractivity (Wildman–Crippen MR) is 114 cm³/mol. The molecule has 1 unspecified atom stereocenters. The first-order chi connectivity index (χ1) is 13.4. The number of carbonyl (C=O) groups is 1. The van der Waals surface area contributed by atoms with Gasteiger partial charge in [-0.25, -0.2) is 0 Å². The number of nitrogens with zero attached hydrogens (tertiary/aromatic N) is 2. The smallest absolute Gasteiger partial charge is 0.242 e. The van der Waals surface area contributed by atoms with Gasteiger partial charge in [0.25, 0.3) is 0 Å². The molecule has 1 aliphatic rings. The Morgan fingerprint density at radius 2 is 2.00 bits per heavy atom. The number of aliphatic hydroxyl groups excluding tert-OH is 1. The molecule has 1 saturated heterocycles. The lowest BCUT2D eigenvalue weighted by atomic mass is 10.0. The van der Waals surface area contributed by atoms with Crippen molar-refractivity contribution in [3.63, 3.8) is 0 Å². The highest BCUT2D eigenvalue weighted by atomic mass is 35.5. The van der Waals surface area contributed by atoms with Gasteiger partial charge in [-0.2, -0.15) is 0 Å². The molecule has 0 aromatic heterocycles. The van der Waals surface area contributed by atoms with Gasteiger partial charge in [-0.3, -0.25) is 9.69 Å². The predicted octanol–water partition coefficient (Wildman–Crippen LogP) is 3.67. The average molecular weight is 422 g/mol. The Morgan fingerprint density at radius 3 is 2.64 bits per heavy atom. The van der Waals surface area contributed by atoms with Crippen molar-refractivity contribution in [3.8, 4) is 0 Å². The maximum absolute atomic E-state index is 12.9. The topological polar surface area (TPSA) is 55.8 Å². The van der Waals surface area contributed by atoms with Crippen LogP contribution < -0.4 is 5.32 Å². The molecule has 3 rings (SSSR count). The molecule has 0 aliphatic carbocycles. The maximum atomic E-state index is 12.9. The van der Waals surface area contributed by atoms with Crippen molar-refractivity contribution in [2.75, 3.05) is 38.5 Å². The van der Waals surface area contributed by atoms with Crippen LogP contribution >= 0.6 is 23.2 Å². The number of rotatable bonds is 7. The van der Waals surface area contributed by atoms with Crippen LogP contribution in [0.1, 0.15) is 18.0 Å². The number of benzene rings is 2. The lowest BCUT2D eigenvalue weighted by Gasteiger charge is -2.32. The Hall–Kier alpha value is -1.79. The standard InChI is InChI=1S/C21H25Cl2N3O2/c1-25(21(28)12-24-16-7-8-18(22)19(23)11-16)20(15-5-3-2-4-6-15)14-26-10-9-17(27)13-26/h2-8,11,17,20,24,27H,9-10,12-14H2,1H3/t17?,20-/m1/s1. The number of likely N-dealkylation sites (N-methyl/N-ethyl adjacent to an activating group) is 1. The number of β-amino-alcohol motifs (C(OH)–C–C–N with tert-alkyl or cyclic N) is 1. The van der Waals surface area contributed by atoms with E-state index in [4.69, 9.17) is 23.2 Å². The summed E-state index contributed by atoms with van der Waals surface area (Å²) >= 11 is 12.0. The van der Waals surface area contributed by atoms with Gasteiger partial charge >= 0.3 is 0 Å². The molecule has 7 heteroatoms. The van der Waals surface area contributed by atoms with E-state index in [9.17, 15) is 9.90 Å². The first-order valence-electron chi connectivity index (χ1n) is 9.34. The molecule has 1 fully saturated rings. The van der Waals surface area contributed by atoms with E-state index in [1.54, 1.807) is 23.1 Å². The number of anilines is 1. The minimum Gasteiger partial charge on any atom is -0.392 e. The fraction of sp³-hybridized carbons (Fsp3) is 0.381. The van der Waals surface area contributed by atoms with E-state index in [1.165, 1.54) is 0 Å². The minimum absolute atomic E-state index is 0.0281. The Bertz CT molecular complexity index is 803. The van der Waals surface area contributed by atoms with Gasteiger partial charge in [-0.1, -0.05) is 53.5 Å². The second kappa shape index (κ2) is 9.61.